The van der Waals surface area contributed by atoms with Gasteiger partial charge >= 0.3 is 13.2 Å². The Hall–Kier alpha value is -2.23. The molecule has 0 aliphatic carbocycles. The monoisotopic (exact) mass is 502 g/mol. The fraction of sp³-hybridized carbons (Fsp3) is 0.600. The molecule has 0 spiro atoms. The van der Waals surface area contributed by atoms with Crippen LogP contribution in [-0.2, 0) is 33.4 Å². The Morgan fingerprint density at radius 1 is 1.20 bits per heavy atom. The van der Waals surface area contributed by atoms with E-state index in [1.165, 1.54) is 0 Å². The van der Waals surface area contributed by atoms with Gasteiger partial charge in [0.05, 0.1) is 23.4 Å². The zero-order valence-corrected chi connectivity index (χ0v) is 22.1. The lowest BCUT2D eigenvalue weighted by Crippen LogP contribution is -2.41. The number of carbonyl (C=O) groups is 1. The first-order valence-electron chi connectivity index (χ1n) is 12.0. The van der Waals surface area contributed by atoms with Gasteiger partial charge in [0.2, 0.25) is 0 Å². The second kappa shape index (κ2) is 8.15. The summed E-state index contributed by atoms with van der Waals surface area (Å²) >= 11 is 6.48. The standard InChI is InChI=1S/C25H32BClN2O6/c1-23(2,3)32-22(30)29-9-8-18-16(13-29)21(33-28-18)19-11-14-10-15(27)12-17(20(14)31-19)26-34-24(4,5)25(6,7)35-26/h10,12,19H,8-9,11,13H2,1-7H3. The first kappa shape index (κ1) is 24.5. The van der Waals surface area contributed by atoms with Crippen LogP contribution in [0.1, 0.15) is 77.2 Å². The molecule has 1 fully saturated rings. The molecule has 8 nitrogen and oxygen atoms in total. The van der Waals surface area contributed by atoms with Crippen molar-refractivity contribution < 1.29 is 28.1 Å². The number of hydrogen-bond acceptors (Lipinski definition) is 7. The van der Waals surface area contributed by atoms with Gasteiger partial charge in [-0.1, -0.05) is 16.8 Å². The normalized spacial score (nSPS) is 22.6. The molecule has 3 aliphatic rings. The molecule has 1 aromatic heterocycles. The van der Waals surface area contributed by atoms with Gasteiger partial charge in [-0.3, -0.25) is 0 Å². The molecule has 35 heavy (non-hydrogen) atoms. The molecule has 10 heteroatoms. The number of fused-ring (bicyclic) bond motifs is 2. The number of benzene rings is 1. The molecule has 1 saturated heterocycles. The molecule has 1 unspecified atom stereocenters. The van der Waals surface area contributed by atoms with E-state index < -0.39 is 23.9 Å². The third-order valence-corrected chi connectivity index (χ3v) is 7.36. The van der Waals surface area contributed by atoms with Gasteiger partial charge in [-0.25, -0.2) is 4.79 Å². The molecular formula is C25H32BClN2O6. The Morgan fingerprint density at radius 2 is 1.89 bits per heavy atom. The summed E-state index contributed by atoms with van der Waals surface area (Å²) in [5.74, 6) is 1.32. The number of nitrogens with zero attached hydrogens (tertiary/aromatic N) is 2. The molecular weight excluding hydrogens is 471 g/mol. The summed E-state index contributed by atoms with van der Waals surface area (Å²) in [6, 6.07) is 3.74. The van der Waals surface area contributed by atoms with E-state index in [4.69, 9.17) is 34.9 Å². The Labute approximate surface area is 211 Å². The van der Waals surface area contributed by atoms with Gasteiger partial charge in [0.15, 0.2) is 11.9 Å². The first-order valence-corrected chi connectivity index (χ1v) is 12.4. The Morgan fingerprint density at radius 3 is 2.54 bits per heavy atom. The number of hydrogen-bond donors (Lipinski definition) is 0. The van der Waals surface area contributed by atoms with Gasteiger partial charge in [0.1, 0.15) is 11.4 Å². The molecule has 188 valence electrons. The lowest BCUT2D eigenvalue weighted by Gasteiger charge is -2.32. The van der Waals surface area contributed by atoms with Crippen molar-refractivity contribution in [2.24, 2.45) is 0 Å². The molecule has 0 radical (unpaired) electrons. The minimum atomic E-state index is -0.600. The van der Waals surface area contributed by atoms with Crippen molar-refractivity contribution in [1.82, 2.24) is 10.1 Å². The predicted octanol–water partition coefficient (Wildman–Crippen LogP) is 4.60. The van der Waals surface area contributed by atoms with Crippen LogP contribution in [0.15, 0.2) is 16.7 Å². The first-order chi connectivity index (χ1) is 16.2. The highest BCUT2D eigenvalue weighted by molar-refractivity contribution is 6.63. The van der Waals surface area contributed by atoms with E-state index in [1.807, 2.05) is 60.6 Å². The van der Waals surface area contributed by atoms with Crippen LogP contribution in [0.4, 0.5) is 4.79 Å². The third kappa shape index (κ3) is 4.43. The summed E-state index contributed by atoms with van der Waals surface area (Å²) in [5.41, 5.74) is 1.91. The molecule has 1 atom stereocenters. The topological polar surface area (TPSA) is 83.3 Å². The number of aromatic nitrogens is 1. The maximum absolute atomic E-state index is 12.7. The van der Waals surface area contributed by atoms with E-state index in [0.717, 1.165) is 22.3 Å². The fourth-order valence-electron chi connectivity index (χ4n) is 4.61. The molecule has 1 aromatic carbocycles. The quantitative estimate of drug-likeness (QED) is 0.555. The third-order valence-electron chi connectivity index (χ3n) is 7.14. The Bertz CT molecular complexity index is 1160. The largest absolute Gasteiger partial charge is 0.498 e. The molecule has 2 aromatic rings. The highest BCUT2D eigenvalue weighted by Crippen LogP contribution is 2.42. The van der Waals surface area contributed by atoms with Crippen LogP contribution in [0.3, 0.4) is 0 Å². The number of rotatable bonds is 2. The zero-order valence-electron chi connectivity index (χ0n) is 21.4. The minimum Gasteiger partial charge on any atom is -0.482 e. The molecule has 0 bridgehead atoms. The number of halogens is 1. The van der Waals surface area contributed by atoms with E-state index >= 15 is 0 Å². The van der Waals surface area contributed by atoms with Crippen LogP contribution in [-0.4, -0.2) is 46.6 Å². The second-order valence-electron chi connectivity index (χ2n) is 11.5. The van der Waals surface area contributed by atoms with E-state index in [1.54, 1.807) is 4.90 Å². The van der Waals surface area contributed by atoms with Gasteiger partial charge in [-0.05, 0) is 66.2 Å². The highest BCUT2D eigenvalue weighted by atomic mass is 35.5. The maximum atomic E-state index is 12.7. The highest BCUT2D eigenvalue weighted by Gasteiger charge is 2.53. The maximum Gasteiger partial charge on any atom is 0.498 e. The van der Waals surface area contributed by atoms with Gasteiger partial charge in [0, 0.05) is 35.4 Å². The Balaban J connectivity index is 1.40. The van der Waals surface area contributed by atoms with Gasteiger partial charge in [-0.2, -0.15) is 0 Å². The van der Waals surface area contributed by atoms with Crippen molar-refractivity contribution in [2.45, 2.75) is 90.8 Å². The second-order valence-corrected chi connectivity index (χ2v) is 11.9. The summed E-state index contributed by atoms with van der Waals surface area (Å²) in [6.45, 7) is 14.5. The van der Waals surface area contributed by atoms with Crippen LogP contribution in [0.25, 0.3) is 0 Å². The number of carbonyl (C=O) groups excluding carboxylic acids is 1. The molecule has 3 aliphatic heterocycles. The number of ether oxygens (including phenoxy) is 2. The zero-order chi connectivity index (χ0) is 25.3. The fourth-order valence-corrected chi connectivity index (χ4v) is 4.86. The molecule has 1 amide bonds. The summed E-state index contributed by atoms with van der Waals surface area (Å²) in [6.07, 6.45) is 0.430. The van der Waals surface area contributed by atoms with Crippen molar-refractivity contribution in [3.63, 3.8) is 0 Å². The average molecular weight is 503 g/mol. The molecule has 5 rings (SSSR count). The summed E-state index contributed by atoms with van der Waals surface area (Å²) in [4.78, 5) is 14.4. The van der Waals surface area contributed by atoms with Crippen LogP contribution in [0, 0.1) is 0 Å². The average Bonchev–Trinajstić information content (AvgIpc) is 3.39. The van der Waals surface area contributed by atoms with E-state index in [2.05, 4.69) is 5.16 Å². The van der Waals surface area contributed by atoms with Gasteiger partial charge in [-0.15, -0.1) is 0 Å². The lowest BCUT2D eigenvalue weighted by atomic mass is 9.77. The van der Waals surface area contributed by atoms with E-state index in [9.17, 15) is 4.79 Å². The Kier molecular flexibility index (Phi) is 5.70. The lowest BCUT2D eigenvalue weighted by molar-refractivity contribution is 0.00578. The SMILES string of the molecule is CC(C)(C)OC(=O)N1CCc2noc(C3Cc4cc(Cl)cc(B5OC(C)(C)C(C)(C)O5)c4O3)c2C1. The van der Waals surface area contributed by atoms with Crippen LogP contribution in [0.2, 0.25) is 5.02 Å². The summed E-state index contributed by atoms with van der Waals surface area (Å²) < 4.78 is 30.3. The summed E-state index contributed by atoms with van der Waals surface area (Å²) in [7, 11) is -0.600. The van der Waals surface area contributed by atoms with E-state index in [0.29, 0.717) is 42.5 Å². The van der Waals surface area contributed by atoms with Gasteiger partial charge in [0.25, 0.3) is 0 Å². The molecule has 4 heterocycles. The van der Waals surface area contributed by atoms with Crippen molar-refractivity contribution in [3.05, 3.63) is 39.7 Å². The van der Waals surface area contributed by atoms with Crippen LogP contribution in [0.5, 0.6) is 5.75 Å². The van der Waals surface area contributed by atoms with Crippen LogP contribution >= 0.6 is 11.6 Å². The van der Waals surface area contributed by atoms with Gasteiger partial charge < -0.3 is 28.2 Å². The molecule has 0 saturated carbocycles. The van der Waals surface area contributed by atoms with E-state index in [-0.39, 0.29) is 12.2 Å². The van der Waals surface area contributed by atoms with Crippen LogP contribution < -0.4 is 10.2 Å². The molecule has 0 N–H and O–H groups in total. The summed E-state index contributed by atoms with van der Waals surface area (Å²) in [5, 5.41) is 4.87. The number of amides is 1. The van der Waals surface area contributed by atoms with Crippen molar-refractivity contribution in [1.29, 1.82) is 0 Å². The van der Waals surface area contributed by atoms with Crippen molar-refractivity contribution in [2.75, 3.05) is 6.54 Å². The van der Waals surface area contributed by atoms with Crippen molar-refractivity contribution >= 4 is 30.3 Å². The smallest absolute Gasteiger partial charge is 0.482 e. The predicted molar refractivity (Wildman–Crippen MR) is 131 cm³/mol. The minimum absolute atomic E-state index is 0.347. The van der Waals surface area contributed by atoms with Crippen molar-refractivity contribution in [3.8, 4) is 5.75 Å².